The molecule has 2 rings (SSSR count). The molecule has 1 saturated heterocycles. The Kier molecular flexibility index (Phi) is 2.63. The SMILES string of the molecule is CC1=CC(=O)N2CCCCC2SC1. The fraction of sp³-hybridized carbons (Fsp3) is 0.700. The Morgan fingerprint density at radius 1 is 1.54 bits per heavy atom. The Labute approximate surface area is 83.4 Å². The van der Waals surface area contributed by atoms with E-state index >= 15 is 0 Å². The molecular weight excluding hydrogens is 182 g/mol. The van der Waals surface area contributed by atoms with Crippen molar-refractivity contribution < 1.29 is 4.79 Å². The zero-order valence-electron chi connectivity index (χ0n) is 7.95. The molecule has 0 spiro atoms. The maximum atomic E-state index is 11.7. The Hall–Kier alpha value is -0.440. The third kappa shape index (κ3) is 1.90. The minimum atomic E-state index is 0.229. The summed E-state index contributed by atoms with van der Waals surface area (Å²) in [5.41, 5.74) is 1.21. The van der Waals surface area contributed by atoms with Crippen LogP contribution in [0.4, 0.5) is 0 Å². The largest absolute Gasteiger partial charge is 0.327 e. The van der Waals surface area contributed by atoms with E-state index in [4.69, 9.17) is 0 Å². The first-order valence-electron chi connectivity index (χ1n) is 4.87. The molecule has 0 saturated carbocycles. The zero-order valence-corrected chi connectivity index (χ0v) is 8.77. The lowest BCUT2D eigenvalue weighted by Crippen LogP contribution is -2.40. The van der Waals surface area contributed by atoms with Crippen LogP contribution in [0.25, 0.3) is 0 Å². The molecule has 0 bridgehead atoms. The highest BCUT2D eigenvalue weighted by atomic mass is 32.2. The van der Waals surface area contributed by atoms with Crippen LogP contribution in [0.3, 0.4) is 0 Å². The first kappa shape index (κ1) is 9.13. The van der Waals surface area contributed by atoms with Crippen molar-refractivity contribution in [1.82, 2.24) is 4.90 Å². The van der Waals surface area contributed by atoms with Crippen molar-refractivity contribution in [2.24, 2.45) is 0 Å². The van der Waals surface area contributed by atoms with E-state index in [2.05, 4.69) is 0 Å². The number of rotatable bonds is 0. The molecule has 2 aliphatic heterocycles. The Balaban J connectivity index is 2.16. The van der Waals surface area contributed by atoms with Crippen LogP contribution in [0.1, 0.15) is 26.2 Å². The van der Waals surface area contributed by atoms with Crippen LogP contribution in [0.2, 0.25) is 0 Å². The highest BCUT2D eigenvalue weighted by Crippen LogP contribution is 2.30. The second kappa shape index (κ2) is 3.74. The van der Waals surface area contributed by atoms with Gasteiger partial charge in [-0.3, -0.25) is 4.79 Å². The molecule has 2 nitrogen and oxygen atoms in total. The van der Waals surface area contributed by atoms with Gasteiger partial charge in [-0.15, -0.1) is 11.8 Å². The normalized spacial score (nSPS) is 29.3. The van der Waals surface area contributed by atoms with Gasteiger partial charge in [0.25, 0.3) is 0 Å². The number of amides is 1. The van der Waals surface area contributed by atoms with Gasteiger partial charge in [0.2, 0.25) is 5.91 Å². The third-order valence-corrected chi connectivity index (χ3v) is 4.10. The third-order valence-electron chi connectivity index (χ3n) is 2.60. The molecule has 3 heteroatoms. The average Bonchev–Trinajstić information content (AvgIpc) is 2.27. The molecule has 0 aromatic heterocycles. The van der Waals surface area contributed by atoms with Crippen molar-refractivity contribution in [2.45, 2.75) is 31.6 Å². The van der Waals surface area contributed by atoms with Crippen LogP contribution in [0.5, 0.6) is 0 Å². The van der Waals surface area contributed by atoms with Crippen molar-refractivity contribution in [1.29, 1.82) is 0 Å². The van der Waals surface area contributed by atoms with E-state index in [1.54, 1.807) is 6.08 Å². The van der Waals surface area contributed by atoms with Gasteiger partial charge in [0, 0.05) is 18.4 Å². The van der Waals surface area contributed by atoms with Gasteiger partial charge in [-0.1, -0.05) is 5.57 Å². The van der Waals surface area contributed by atoms with Gasteiger partial charge in [-0.05, 0) is 26.2 Å². The minimum Gasteiger partial charge on any atom is -0.327 e. The number of fused-ring (bicyclic) bond motifs is 1. The summed E-state index contributed by atoms with van der Waals surface area (Å²) in [6, 6.07) is 0. The van der Waals surface area contributed by atoms with E-state index in [9.17, 15) is 4.79 Å². The lowest BCUT2D eigenvalue weighted by molar-refractivity contribution is -0.127. The summed E-state index contributed by atoms with van der Waals surface area (Å²) in [7, 11) is 0. The van der Waals surface area contributed by atoms with E-state index in [-0.39, 0.29) is 5.91 Å². The second-order valence-electron chi connectivity index (χ2n) is 3.78. The van der Waals surface area contributed by atoms with Crippen molar-refractivity contribution in [3.05, 3.63) is 11.6 Å². The fourth-order valence-corrected chi connectivity index (χ4v) is 3.15. The first-order valence-corrected chi connectivity index (χ1v) is 5.91. The Morgan fingerprint density at radius 2 is 2.38 bits per heavy atom. The van der Waals surface area contributed by atoms with Gasteiger partial charge in [0.15, 0.2) is 0 Å². The second-order valence-corrected chi connectivity index (χ2v) is 4.95. The van der Waals surface area contributed by atoms with Crippen molar-refractivity contribution in [3.63, 3.8) is 0 Å². The Morgan fingerprint density at radius 3 is 3.23 bits per heavy atom. The average molecular weight is 197 g/mol. The number of hydrogen-bond acceptors (Lipinski definition) is 2. The van der Waals surface area contributed by atoms with Crippen LogP contribution < -0.4 is 0 Å². The standard InChI is InChI=1S/C10H15NOS/c1-8-6-9(12)11-5-3-2-4-10(11)13-7-8/h6,10H,2-5,7H2,1H3. The first-order chi connectivity index (χ1) is 6.27. The Bertz CT molecular complexity index is 249. The molecule has 1 atom stereocenters. The number of thioether (sulfide) groups is 1. The molecular formula is C10H15NOS. The quantitative estimate of drug-likeness (QED) is 0.592. The van der Waals surface area contributed by atoms with Gasteiger partial charge < -0.3 is 4.90 Å². The summed E-state index contributed by atoms with van der Waals surface area (Å²) in [4.78, 5) is 13.7. The van der Waals surface area contributed by atoms with Crippen LogP contribution in [-0.2, 0) is 4.79 Å². The van der Waals surface area contributed by atoms with Crippen LogP contribution in [-0.4, -0.2) is 28.5 Å². The topological polar surface area (TPSA) is 20.3 Å². The van der Waals surface area contributed by atoms with E-state index < -0.39 is 0 Å². The summed E-state index contributed by atoms with van der Waals surface area (Å²) in [6.45, 7) is 3.00. The van der Waals surface area contributed by atoms with Crippen molar-refractivity contribution in [3.8, 4) is 0 Å². The van der Waals surface area contributed by atoms with E-state index in [1.165, 1.54) is 24.8 Å². The highest BCUT2D eigenvalue weighted by Gasteiger charge is 2.27. The van der Waals surface area contributed by atoms with Gasteiger partial charge in [0.05, 0.1) is 5.37 Å². The zero-order chi connectivity index (χ0) is 9.26. The summed E-state index contributed by atoms with van der Waals surface area (Å²) >= 11 is 1.92. The number of piperidine rings is 1. The molecule has 13 heavy (non-hydrogen) atoms. The molecule has 0 aromatic carbocycles. The van der Waals surface area contributed by atoms with Crippen LogP contribution in [0, 0.1) is 0 Å². The smallest absolute Gasteiger partial charge is 0.247 e. The summed E-state index contributed by atoms with van der Waals surface area (Å²) in [5, 5.41) is 0.454. The molecule has 0 N–H and O–H groups in total. The number of carbonyl (C=O) groups is 1. The van der Waals surface area contributed by atoms with Crippen LogP contribution in [0.15, 0.2) is 11.6 Å². The molecule has 0 radical (unpaired) electrons. The lowest BCUT2D eigenvalue weighted by atomic mass is 10.1. The monoisotopic (exact) mass is 197 g/mol. The maximum Gasteiger partial charge on any atom is 0.247 e. The van der Waals surface area contributed by atoms with Gasteiger partial charge >= 0.3 is 0 Å². The summed E-state index contributed by atoms with van der Waals surface area (Å²) in [5.74, 6) is 1.25. The molecule has 2 aliphatic rings. The van der Waals surface area contributed by atoms with Crippen molar-refractivity contribution >= 4 is 17.7 Å². The predicted molar refractivity (Wildman–Crippen MR) is 55.6 cm³/mol. The van der Waals surface area contributed by atoms with Gasteiger partial charge in [0.1, 0.15) is 0 Å². The molecule has 1 fully saturated rings. The molecule has 1 amide bonds. The molecule has 1 unspecified atom stereocenters. The van der Waals surface area contributed by atoms with Crippen molar-refractivity contribution in [2.75, 3.05) is 12.3 Å². The lowest BCUT2D eigenvalue weighted by Gasteiger charge is -2.33. The summed E-state index contributed by atoms with van der Waals surface area (Å²) < 4.78 is 0. The van der Waals surface area contributed by atoms with E-state index in [0.29, 0.717) is 5.37 Å². The van der Waals surface area contributed by atoms with Gasteiger partial charge in [-0.25, -0.2) is 0 Å². The molecule has 0 aromatic rings. The van der Waals surface area contributed by atoms with E-state index in [1.807, 2.05) is 23.6 Å². The molecule has 0 aliphatic carbocycles. The highest BCUT2D eigenvalue weighted by molar-refractivity contribution is 8.00. The van der Waals surface area contributed by atoms with Crippen LogP contribution >= 0.6 is 11.8 Å². The fourth-order valence-electron chi connectivity index (χ4n) is 1.89. The minimum absolute atomic E-state index is 0.229. The number of carbonyl (C=O) groups excluding carboxylic acids is 1. The number of nitrogens with zero attached hydrogens (tertiary/aromatic N) is 1. The maximum absolute atomic E-state index is 11.7. The number of hydrogen-bond donors (Lipinski definition) is 0. The van der Waals surface area contributed by atoms with Gasteiger partial charge in [-0.2, -0.15) is 0 Å². The van der Waals surface area contributed by atoms with E-state index in [0.717, 1.165) is 12.3 Å². The molecule has 72 valence electrons. The summed E-state index contributed by atoms with van der Waals surface area (Å²) in [6.07, 6.45) is 5.44. The molecule has 2 heterocycles. The predicted octanol–water partition coefficient (Wildman–Crippen LogP) is 2.02.